The Morgan fingerprint density at radius 1 is 1.12 bits per heavy atom. The highest BCUT2D eigenvalue weighted by atomic mass is 16.5. The molecular formula is C25H34N8O. The van der Waals surface area contributed by atoms with Gasteiger partial charge in [0.2, 0.25) is 0 Å². The molecule has 34 heavy (non-hydrogen) atoms. The molecule has 2 atom stereocenters. The first-order valence-electron chi connectivity index (χ1n) is 12.5. The number of ether oxygens (including phenoxy) is 1. The van der Waals surface area contributed by atoms with Gasteiger partial charge in [0.1, 0.15) is 11.4 Å². The van der Waals surface area contributed by atoms with Crippen molar-refractivity contribution in [1.82, 2.24) is 35.5 Å². The predicted molar refractivity (Wildman–Crippen MR) is 131 cm³/mol. The van der Waals surface area contributed by atoms with E-state index in [1.165, 1.54) is 32.1 Å². The van der Waals surface area contributed by atoms with Crippen LogP contribution >= 0.6 is 0 Å². The molecule has 0 aromatic carbocycles. The van der Waals surface area contributed by atoms with Gasteiger partial charge in [-0.25, -0.2) is 4.68 Å². The lowest BCUT2D eigenvalue weighted by Crippen LogP contribution is -2.47. The fraction of sp³-hybridized carbons (Fsp3) is 0.560. The summed E-state index contributed by atoms with van der Waals surface area (Å²) in [6.07, 6.45) is 12.8. The number of nitrogens with zero attached hydrogens (tertiary/aromatic N) is 7. The van der Waals surface area contributed by atoms with Crippen LogP contribution in [0.4, 0.5) is 5.82 Å². The summed E-state index contributed by atoms with van der Waals surface area (Å²) in [5.41, 5.74) is 2.51. The van der Waals surface area contributed by atoms with E-state index in [2.05, 4.69) is 54.8 Å². The average molecular weight is 463 g/mol. The van der Waals surface area contributed by atoms with Crippen molar-refractivity contribution < 1.29 is 4.74 Å². The number of rotatable bonds is 9. The van der Waals surface area contributed by atoms with Crippen LogP contribution in [0.1, 0.15) is 57.2 Å². The summed E-state index contributed by atoms with van der Waals surface area (Å²) in [6, 6.07) is 6.60. The number of anilines is 1. The molecule has 2 unspecified atom stereocenters. The molecule has 9 nitrogen and oxygen atoms in total. The number of piperidine rings is 1. The smallest absolute Gasteiger partial charge is 0.151 e. The fourth-order valence-corrected chi connectivity index (χ4v) is 4.83. The Morgan fingerprint density at radius 2 is 2.03 bits per heavy atom. The SMILES string of the molecule is CCC(c1ccc(N2CCCC(NCC3CCC3)C2)nn1)n1cc(-c2cncc(OC)c2)nn1. The number of nitrogens with one attached hydrogen (secondary N) is 1. The van der Waals surface area contributed by atoms with E-state index < -0.39 is 0 Å². The van der Waals surface area contributed by atoms with Crippen molar-refractivity contribution in [3.8, 4) is 17.0 Å². The standard InChI is InChI=1S/C25H34N8O/c1-3-24(33-17-23(29-31-33)19-12-21(34-2)15-26-14-19)22-9-10-25(30-28-22)32-11-5-8-20(16-32)27-13-18-6-4-7-18/h9-10,12,14-15,17-18,20,24,27H,3-8,11,13,16H2,1-2H3. The Labute approximate surface area is 200 Å². The van der Waals surface area contributed by atoms with Crippen molar-refractivity contribution in [2.24, 2.45) is 5.92 Å². The molecule has 3 aromatic heterocycles. The lowest BCUT2D eigenvalue weighted by Gasteiger charge is -2.35. The first-order chi connectivity index (χ1) is 16.7. The molecule has 0 radical (unpaired) electrons. The topological polar surface area (TPSA) is 93.9 Å². The first-order valence-corrected chi connectivity index (χ1v) is 12.5. The van der Waals surface area contributed by atoms with Crippen molar-refractivity contribution in [2.75, 3.05) is 31.6 Å². The second-order valence-electron chi connectivity index (χ2n) is 9.43. The van der Waals surface area contributed by atoms with E-state index >= 15 is 0 Å². The molecule has 1 aliphatic heterocycles. The van der Waals surface area contributed by atoms with Crippen LogP contribution in [0.3, 0.4) is 0 Å². The van der Waals surface area contributed by atoms with Gasteiger partial charge in [0.25, 0.3) is 0 Å². The number of hydrogen-bond acceptors (Lipinski definition) is 8. The summed E-state index contributed by atoms with van der Waals surface area (Å²) in [4.78, 5) is 6.58. The van der Waals surface area contributed by atoms with Gasteiger partial charge in [0.05, 0.1) is 31.2 Å². The van der Waals surface area contributed by atoms with Crippen LogP contribution in [-0.2, 0) is 0 Å². The molecular weight excluding hydrogens is 428 g/mol. The van der Waals surface area contributed by atoms with E-state index in [4.69, 9.17) is 4.74 Å². The third kappa shape index (κ3) is 5.04. The van der Waals surface area contributed by atoms with Crippen molar-refractivity contribution in [1.29, 1.82) is 0 Å². The Bertz CT molecular complexity index is 1060. The normalized spacial score (nSPS) is 19.6. The van der Waals surface area contributed by atoms with Gasteiger partial charge >= 0.3 is 0 Å². The summed E-state index contributed by atoms with van der Waals surface area (Å²) in [5, 5.41) is 21.7. The van der Waals surface area contributed by atoms with Crippen LogP contribution in [-0.4, -0.2) is 63.0 Å². The molecule has 1 N–H and O–H groups in total. The van der Waals surface area contributed by atoms with Crippen LogP contribution in [0, 0.1) is 5.92 Å². The predicted octanol–water partition coefficient (Wildman–Crippen LogP) is 3.50. The number of aromatic nitrogens is 6. The molecule has 5 rings (SSSR count). The van der Waals surface area contributed by atoms with Crippen molar-refractivity contribution in [2.45, 2.75) is 57.5 Å². The Morgan fingerprint density at radius 3 is 2.76 bits per heavy atom. The number of hydrogen-bond donors (Lipinski definition) is 1. The summed E-state index contributed by atoms with van der Waals surface area (Å²) in [5.74, 6) is 2.53. The third-order valence-electron chi connectivity index (χ3n) is 7.14. The zero-order valence-corrected chi connectivity index (χ0v) is 20.1. The quantitative estimate of drug-likeness (QED) is 0.516. The molecule has 3 aromatic rings. The summed E-state index contributed by atoms with van der Waals surface area (Å²) in [7, 11) is 1.63. The lowest BCUT2D eigenvalue weighted by molar-refractivity contribution is 0.280. The van der Waals surface area contributed by atoms with Crippen molar-refractivity contribution in [3.05, 3.63) is 42.5 Å². The van der Waals surface area contributed by atoms with Crippen LogP contribution in [0.15, 0.2) is 36.8 Å². The average Bonchev–Trinajstić information content (AvgIpc) is 3.34. The first kappa shape index (κ1) is 22.7. The molecule has 1 saturated carbocycles. The molecule has 180 valence electrons. The summed E-state index contributed by atoms with van der Waals surface area (Å²) in [6.45, 7) is 5.32. The number of methoxy groups -OCH3 is 1. The lowest BCUT2D eigenvalue weighted by atomic mass is 9.85. The van der Waals surface area contributed by atoms with E-state index in [0.29, 0.717) is 11.8 Å². The zero-order chi connectivity index (χ0) is 23.3. The van der Waals surface area contributed by atoms with E-state index in [-0.39, 0.29) is 6.04 Å². The molecule has 0 bridgehead atoms. The van der Waals surface area contributed by atoms with Crippen LogP contribution < -0.4 is 15.0 Å². The Kier molecular flexibility index (Phi) is 6.99. The van der Waals surface area contributed by atoms with Gasteiger partial charge in [0, 0.05) is 30.9 Å². The monoisotopic (exact) mass is 462 g/mol. The summed E-state index contributed by atoms with van der Waals surface area (Å²) >= 11 is 0. The largest absolute Gasteiger partial charge is 0.495 e. The molecule has 9 heteroatoms. The maximum Gasteiger partial charge on any atom is 0.151 e. The fourth-order valence-electron chi connectivity index (χ4n) is 4.83. The Balaban J connectivity index is 1.25. The van der Waals surface area contributed by atoms with Crippen LogP contribution in [0.2, 0.25) is 0 Å². The molecule has 1 aliphatic carbocycles. The van der Waals surface area contributed by atoms with Crippen LogP contribution in [0.5, 0.6) is 5.75 Å². The van der Waals surface area contributed by atoms with E-state index in [1.807, 2.05) is 16.9 Å². The highest BCUT2D eigenvalue weighted by Gasteiger charge is 2.24. The molecule has 2 fully saturated rings. The highest BCUT2D eigenvalue weighted by Crippen LogP contribution is 2.27. The van der Waals surface area contributed by atoms with Gasteiger partial charge in [-0.3, -0.25) is 4.98 Å². The molecule has 0 amide bonds. The minimum atomic E-state index is -0.0281. The summed E-state index contributed by atoms with van der Waals surface area (Å²) < 4.78 is 7.14. The van der Waals surface area contributed by atoms with Gasteiger partial charge in [-0.1, -0.05) is 18.6 Å². The maximum absolute atomic E-state index is 5.28. The number of pyridine rings is 1. The van der Waals surface area contributed by atoms with E-state index in [1.54, 1.807) is 19.5 Å². The van der Waals surface area contributed by atoms with Gasteiger partial charge in [0.15, 0.2) is 5.82 Å². The van der Waals surface area contributed by atoms with E-state index in [0.717, 1.165) is 54.7 Å². The Hall–Kier alpha value is -3.07. The van der Waals surface area contributed by atoms with Gasteiger partial charge in [-0.15, -0.1) is 10.2 Å². The van der Waals surface area contributed by atoms with Gasteiger partial charge < -0.3 is 15.0 Å². The molecule has 4 heterocycles. The molecule has 2 aliphatic rings. The second kappa shape index (κ2) is 10.5. The highest BCUT2D eigenvalue weighted by molar-refractivity contribution is 5.58. The van der Waals surface area contributed by atoms with Crippen molar-refractivity contribution in [3.63, 3.8) is 0 Å². The van der Waals surface area contributed by atoms with E-state index in [9.17, 15) is 0 Å². The molecule has 1 saturated heterocycles. The third-order valence-corrected chi connectivity index (χ3v) is 7.14. The van der Waals surface area contributed by atoms with Gasteiger partial charge in [-0.2, -0.15) is 5.10 Å². The minimum absolute atomic E-state index is 0.0281. The van der Waals surface area contributed by atoms with Gasteiger partial charge in [-0.05, 0) is 62.8 Å². The van der Waals surface area contributed by atoms with Crippen molar-refractivity contribution >= 4 is 5.82 Å². The minimum Gasteiger partial charge on any atom is -0.495 e. The zero-order valence-electron chi connectivity index (χ0n) is 20.1. The molecule has 0 spiro atoms. The maximum atomic E-state index is 5.28. The second-order valence-corrected chi connectivity index (χ2v) is 9.43. The van der Waals surface area contributed by atoms with Crippen LogP contribution in [0.25, 0.3) is 11.3 Å².